The van der Waals surface area contributed by atoms with E-state index in [0.717, 1.165) is 18.7 Å². The molecule has 1 amide bonds. The Labute approximate surface area is 81.8 Å². The van der Waals surface area contributed by atoms with Gasteiger partial charge in [0.15, 0.2) is 0 Å². The molecule has 0 bridgehead atoms. The quantitative estimate of drug-likeness (QED) is 0.712. The van der Waals surface area contributed by atoms with Crippen LogP contribution in [0.4, 0.5) is 0 Å². The maximum atomic E-state index is 10.9. The van der Waals surface area contributed by atoms with Gasteiger partial charge in [0, 0.05) is 25.1 Å². The number of hydrogen-bond acceptors (Lipinski definition) is 4. The van der Waals surface area contributed by atoms with E-state index in [4.69, 9.17) is 4.52 Å². The largest absolute Gasteiger partial charge is 0.360 e. The second-order valence-corrected chi connectivity index (χ2v) is 3.41. The van der Waals surface area contributed by atoms with Gasteiger partial charge in [-0.3, -0.25) is 4.79 Å². The van der Waals surface area contributed by atoms with E-state index in [-0.39, 0.29) is 11.9 Å². The van der Waals surface area contributed by atoms with Crippen molar-refractivity contribution in [2.45, 2.75) is 25.4 Å². The van der Waals surface area contributed by atoms with E-state index in [2.05, 4.69) is 15.8 Å². The van der Waals surface area contributed by atoms with Crippen molar-refractivity contribution in [1.29, 1.82) is 0 Å². The third kappa shape index (κ3) is 2.32. The summed E-state index contributed by atoms with van der Waals surface area (Å²) in [6, 6.07) is 2.09. The monoisotopic (exact) mass is 195 g/mol. The van der Waals surface area contributed by atoms with Gasteiger partial charge in [0.1, 0.15) is 5.76 Å². The van der Waals surface area contributed by atoms with E-state index >= 15 is 0 Å². The van der Waals surface area contributed by atoms with Crippen LogP contribution < -0.4 is 10.6 Å². The van der Waals surface area contributed by atoms with Gasteiger partial charge in [-0.25, -0.2) is 0 Å². The van der Waals surface area contributed by atoms with Gasteiger partial charge in [-0.15, -0.1) is 0 Å². The molecule has 0 spiro atoms. The molecular formula is C9H13N3O2. The number of nitrogens with one attached hydrogen (secondary N) is 2. The van der Waals surface area contributed by atoms with Crippen molar-refractivity contribution < 1.29 is 9.32 Å². The van der Waals surface area contributed by atoms with Crippen LogP contribution in [0.25, 0.3) is 0 Å². The van der Waals surface area contributed by atoms with Crippen molar-refractivity contribution in [3.05, 3.63) is 18.0 Å². The molecule has 1 aromatic rings. The highest BCUT2D eigenvalue weighted by Crippen LogP contribution is 2.05. The molecule has 1 aliphatic heterocycles. The van der Waals surface area contributed by atoms with Crippen molar-refractivity contribution in [2.24, 2.45) is 0 Å². The molecule has 5 heteroatoms. The van der Waals surface area contributed by atoms with E-state index in [0.29, 0.717) is 13.0 Å². The van der Waals surface area contributed by atoms with Gasteiger partial charge in [-0.1, -0.05) is 5.16 Å². The molecule has 5 nitrogen and oxygen atoms in total. The molecule has 0 aliphatic carbocycles. The predicted molar refractivity (Wildman–Crippen MR) is 49.4 cm³/mol. The van der Waals surface area contributed by atoms with Crippen molar-refractivity contribution in [3.63, 3.8) is 0 Å². The zero-order chi connectivity index (χ0) is 9.80. The lowest BCUT2D eigenvalue weighted by Crippen LogP contribution is -2.35. The lowest BCUT2D eigenvalue weighted by molar-refractivity contribution is -0.119. The Kier molecular flexibility index (Phi) is 2.78. The van der Waals surface area contributed by atoms with Gasteiger partial charge in [0.2, 0.25) is 5.91 Å². The van der Waals surface area contributed by atoms with Gasteiger partial charge in [0.05, 0.1) is 12.7 Å². The normalized spacial score (nSPS) is 21.1. The molecule has 2 rings (SSSR count). The molecule has 2 N–H and O–H groups in total. The highest BCUT2D eigenvalue weighted by atomic mass is 16.5. The van der Waals surface area contributed by atoms with E-state index < -0.39 is 0 Å². The van der Waals surface area contributed by atoms with Gasteiger partial charge in [-0.05, 0) is 6.42 Å². The molecule has 76 valence electrons. The van der Waals surface area contributed by atoms with Crippen LogP contribution in [0.1, 0.15) is 18.6 Å². The number of aromatic nitrogens is 1. The highest BCUT2D eigenvalue weighted by molar-refractivity contribution is 5.78. The molecule has 1 aromatic heterocycles. The standard InChI is InChI=1S/C9H13N3O2/c13-9-2-1-7(12-9)5-10-6-8-3-4-11-14-8/h3-4,7,10H,1-2,5-6H2,(H,12,13). The fourth-order valence-corrected chi connectivity index (χ4v) is 1.53. The maximum absolute atomic E-state index is 10.9. The summed E-state index contributed by atoms with van der Waals surface area (Å²) in [5.74, 6) is 0.964. The zero-order valence-electron chi connectivity index (χ0n) is 7.82. The molecular weight excluding hydrogens is 182 g/mol. The van der Waals surface area contributed by atoms with Crippen molar-refractivity contribution in [1.82, 2.24) is 15.8 Å². The summed E-state index contributed by atoms with van der Waals surface area (Å²) in [6.07, 6.45) is 3.19. The number of amides is 1. The Balaban J connectivity index is 1.66. The van der Waals surface area contributed by atoms with E-state index in [1.807, 2.05) is 6.07 Å². The first-order valence-electron chi connectivity index (χ1n) is 4.74. The van der Waals surface area contributed by atoms with Crippen molar-refractivity contribution >= 4 is 5.91 Å². The Hall–Kier alpha value is -1.36. The molecule has 1 unspecified atom stereocenters. The molecule has 1 atom stereocenters. The second-order valence-electron chi connectivity index (χ2n) is 3.41. The maximum Gasteiger partial charge on any atom is 0.220 e. The minimum Gasteiger partial charge on any atom is -0.360 e. The first kappa shape index (κ1) is 9.21. The van der Waals surface area contributed by atoms with Crippen molar-refractivity contribution in [2.75, 3.05) is 6.54 Å². The number of nitrogens with zero attached hydrogens (tertiary/aromatic N) is 1. The van der Waals surface area contributed by atoms with E-state index in [1.165, 1.54) is 0 Å². The van der Waals surface area contributed by atoms with Crippen LogP contribution >= 0.6 is 0 Å². The smallest absolute Gasteiger partial charge is 0.220 e. The summed E-state index contributed by atoms with van der Waals surface area (Å²) in [5.41, 5.74) is 0. The topological polar surface area (TPSA) is 67.2 Å². The molecule has 1 saturated heterocycles. The molecule has 1 aliphatic rings. The third-order valence-corrected chi connectivity index (χ3v) is 2.27. The van der Waals surface area contributed by atoms with Crippen molar-refractivity contribution in [3.8, 4) is 0 Å². The summed E-state index contributed by atoms with van der Waals surface area (Å²) in [4.78, 5) is 10.9. The fourth-order valence-electron chi connectivity index (χ4n) is 1.53. The molecule has 1 fully saturated rings. The van der Waals surface area contributed by atoms with Crippen LogP contribution in [-0.2, 0) is 11.3 Å². The molecule has 0 radical (unpaired) electrons. The second kappa shape index (κ2) is 4.23. The highest BCUT2D eigenvalue weighted by Gasteiger charge is 2.19. The summed E-state index contributed by atoms with van der Waals surface area (Å²) < 4.78 is 4.92. The molecule has 0 saturated carbocycles. The van der Waals surface area contributed by atoms with Gasteiger partial charge >= 0.3 is 0 Å². The van der Waals surface area contributed by atoms with Crippen LogP contribution in [0.15, 0.2) is 16.8 Å². The Morgan fingerprint density at radius 3 is 3.29 bits per heavy atom. The van der Waals surface area contributed by atoms with Crippen LogP contribution in [0.5, 0.6) is 0 Å². The fraction of sp³-hybridized carbons (Fsp3) is 0.556. The predicted octanol–water partition coefficient (Wildman–Crippen LogP) is 0.0428. The first-order valence-corrected chi connectivity index (χ1v) is 4.74. The van der Waals surface area contributed by atoms with Gasteiger partial charge in [0.25, 0.3) is 0 Å². The number of carbonyl (C=O) groups is 1. The SMILES string of the molecule is O=C1CCC(CNCc2ccno2)N1. The zero-order valence-corrected chi connectivity index (χ0v) is 7.82. The molecule has 2 heterocycles. The van der Waals surface area contributed by atoms with Gasteiger partial charge < -0.3 is 15.2 Å². The van der Waals surface area contributed by atoms with Crippen LogP contribution in [-0.4, -0.2) is 23.7 Å². The van der Waals surface area contributed by atoms with E-state index in [9.17, 15) is 4.79 Å². The van der Waals surface area contributed by atoms with Crippen LogP contribution in [0, 0.1) is 0 Å². The Morgan fingerprint density at radius 2 is 2.64 bits per heavy atom. The lowest BCUT2D eigenvalue weighted by atomic mass is 10.2. The minimum atomic E-state index is 0.150. The lowest BCUT2D eigenvalue weighted by Gasteiger charge is -2.09. The number of hydrogen-bond donors (Lipinski definition) is 2. The first-order chi connectivity index (χ1) is 6.84. The molecule has 14 heavy (non-hydrogen) atoms. The average molecular weight is 195 g/mol. The van der Waals surface area contributed by atoms with Crippen LogP contribution in [0.2, 0.25) is 0 Å². The average Bonchev–Trinajstić information content (AvgIpc) is 2.77. The number of carbonyl (C=O) groups excluding carboxylic acids is 1. The molecule has 0 aromatic carbocycles. The summed E-state index contributed by atoms with van der Waals surface area (Å²) in [7, 11) is 0. The number of rotatable bonds is 4. The summed E-state index contributed by atoms with van der Waals surface area (Å²) >= 11 is 0. The minimum absolute atomic E-state index is 0.150. The summed E-state index contributed by atoms with van der Waals surface area (Å²) in [6.45, 7) is 1.44. The Morgan fingerprint density at radius 1 is 1.71 bits per heavy atom. The van der Waals surface area contributed by atoms with E-state index in [1.54, 1.807) is 6.20 Å². The third-order valence-electron chi connectivity index (χ3n) is 2.27. The van der Waals surface area contributed by atoms with Gasteiger partial charge in [-0.2, -0.15) is 0 Å². The Bertz CT molecular complexity index is 297. The summed E-state index contributed by atoms with van der Waals surface area (Å²) in [5, 5.41) is 9.69. The van der Waals surface area contributed by atoms with Crippen LogP contribution in [0.3, 0.4) is 0 Å².